The van der Waals surface area contributed by atoms with Gasteiger partial charge in [0.05, 0.1) is 27.4 Å². The molecule has 1 amide bonds. The van der Waals surface area contributed by atoms with Crippen molar-refractivity contribution in [3.05, 3.63) is 58.1 Å². The normalized spacial score (nSPS) is 15.6. The number of hydrazine groups is 1. The maximum absolute atomic E-state index is 13.2. The van der Waals surface area contributed by atoms with Gasteiger partial charge < -0.3 is 5.11 Å². The first kappa shape index (κ1) is 28.6. The molecule has 0 radical (unpaired) electrons. The van der Waals surface area contributed by atoms with Crippen LogP contribution in [0, 0.1) is 0 Å². The van der Waals surface area contributed by atoms with Gasteiger partial charge in [0, 0.05) is 18.5 Å². The Morgan fingerprint density at radius 1 is 1.05 bits per heavy atom. The molecule has 1 aromatic heterocycles. The molecule has 3 rings (SSSR count). The number of hydrogen-bond acceptors (Lipinski definition) is 6. The van der Waals surface area contributed by atoms with Crippen LogP contribution in [0.25, 0.3) is 17.3 Å². The summed E-state index contributed by atoms with van der Waals surface area (Å²) in [5.74, 6) is -1.38. The van der Waals surface area contributed by atoms with E-state index in [-0.39, 0.29) is 38.7 Å². The number of carbonyl (C=O) groups is 2. The van der Waals surface area contributed by atoms with Gasteiger partial charge in [-0.25, -0.2) is 15.4 Å². The Morgan fingerprint density at radius 2 is 1.70 bits per heavy atom. The molecule has 0 aliphatic carbocycles. The number of nitrogens with zero attached hydrogens (tertiary/aromatic N) is 2. The van der Waals surface area contributed by atoms with Crippen LogP contribution in [-0.4, -0.2) is 37.8 Å². The highest BCUT2D eigenvalue weighted by atomic mass is 32.2. The van der Waals surface area contributed by atoms with Crippen molar-refractivity contribution in [2.75, 3.05) is 6.54 Å². The number of carboxylic acids is 1. The molecule has 0 saturated carbocycles. The molecule has 1 aliphatic rings. The quantitative estimate of drug-likeness (QED) is 0.164. The van der Waals surface area contributed by atoms with E-state index >= 15 is 0 Å². The zero-order chi connectivity index (χ0) is 27.4. The number of pyridine rings is 1. The van der Waals surface area contributed by atoms with Gasteiger partial charge in [0.2, 0.25) is 0 Å². The molecule has 198 valence electrons. The Balaban J connectivity index is 1.78. The summed E-state index contributed by atoms with van der Waals surface area (Å²) in [5, 5.41) is 9.79. The molecule has 2 aromatic rings. The summed E-state index contributed by atoms with van der Waals surface area (Å²) in [6, 6.07) is 5.33. The van der Waals surface area contributed by atoms with Crippen molar-refractivity contribution in [1.29, 1.82) is 0 Å². The molecule has 2 N–H and O–H groups in total. The fourth-order valence-electron chi connectivity index (χ4n) is 3.30. The molecule has 0 atom stereocenters. The lowest BCUT2D eigenvalue weighted by molar-refractivity contribution is -0.143. The van der Waals surface area contributed by atoms with Crippen LogP contribution in [-0.2, 0) is 21.9 Å². The van der Waals surface area contributed by atoms with Gasteiger partial charge in [-0.1, -0.05) is 36.5 Å². The summed E-state index contributed by atoms with van der Waals surface area (Å²) in [6.45, 7) is 0.365. The minimum atomic E-state index is -5.00. The topological polar surface area (TPSA) is 82.5 Å². The van der Waals surface area contributed by atoms with E-state index in [9.17, 15) is 35.9 Å². The molecule has 37 heavy (non-hydrogen) atoms. The van der Waals surface area contributed by atoms with Gasteiger partial charge in [0.15, 0.2) is 4.32 Å². The summed E-state index contributed by atoms with van der Waals surface area (Å²) in [7, 11) is 0. The highest BCUT2D eigenvalue weighted by molar-refractivity contribution is 8.26. The predicted molar refractivity (Wildman–Crippen MR) is 129 cm³/mol. The second-order valence-electron chi connectivity index (χ2n) is 7.87. The SMILES string of the molecule is O=C(O)CCCCCNN1C(=O)/C(=C/c2cccc(-c3cc(C(F)(F)F)cc(C(F)(F)F)c3)n2)SC1=S. The first-order chi connectivity index (χ1) is 17.3. The first-order valence-electron chi connectivity index (χ1n) is 10.8. The predicted octanol–water partition coefficient (Wildman–Crippen LogP) is 6.14. The lowest BCUT2D eigenvalue weighted by Crippen LogP contribution is -2.41. The van der Waals surface area contributed by atoms with E-state index in [0.717, 1.165) is 16.8 Å². The Bertz CT molecular complexity index is 1200. The highest BCUT2D eigenvalue weighted by Crippen LogP contribution is 2.38. The van der Waals surface area contributed by atoms with Crippen molar-refractivity contribution in [2.24, 2.45) is 0 Å². The van der Waals surface area contributed by atoms with Crippen LogP contribution in [0.4, 0.5) is 26.3 Å². The van der Waals surface area contributed by atoms with Gasteiger partial charge in [0.25, 0.3) is 5.91 Å². The second-order valence-corrected chi connectivity index (χ2v) is 9.55. The summed E-state index contributed by atoms with van der Waals surface area (Å²) in [4.78, 5) is 27.6. The number of alkyl halides is 6. The number of aliphatic carboxylic acids is 1. The lowest BCUT2D eigenvalue weighted by Gasteiger charge is -2.15. The maximum Gasteiger partial charge on any atom is 0.416 e. The molecule has 1 saturated heterocycles. The van der Waals surface area contributed by atoms with Gasteiger partial charge in [-0.15, -0.1) is 0 Å². The Kier molecular flexibility index (Phi) is 8.97. The van der Waals surface area contributed by atoms with Crippen LogP contribution in [0.3, 0.4) is 0 Å². The molecule has 6 nitrogen and oxygen atoms in total. The molecule has 14 heteroatoms. The molecule has 0 spiro atoms. The Morgan fingerprint density at radius 3 is 2.30 bits per heavy atom. The monoisotopic (exact) mass is 563 g/mol. The van der Waals surface area contributed by atoms with E-state index in [1.54, 1.807) is 0 Å². The average molecular weight is 564 g/mol. The van der Waals surface area contributed by atoms with Crippen LogP contribution >= 0.6 is 24.0 Å². The number of rotatable bonds is 9. The minimum absolute atomic E-state index is 0.0395. The fraction of sp³-hybridized carbons (Fsp3) is 0.304. The van der Waals surface area contributed by atoms with Gasteiger partial charge in [-0.3, -0.25) is 9.59 Å². The van der Waals surface area contributed by atoms with E-state index in [0.29, 0.717) is 37.9 Å². The molecule has 2 heterocycles. The Labute approximate surface area is 216 Å². The number of aromatic nitrogens is 1. The average Bonchev–Trinajstić information content (AvgIpc) is 3.07. The molecular weight excluding hydrogens is 544 g/mol. The van der Waals surface area contributed by atoms with E-state index in [1.165, 1.54) is 24.3 Å². The highest BCUT2D eigenvalue weighted by Gasteiger charge is 2.37. The molecule has 0 unspecified atom stereocenters. The van der Waals surface area contributed by atoms with Crippen LogP contribution in [0.5, 0.6) is 0 Å². The van der Waals surface area contributed by atoms with Crippen LogP contribution in [0.15, 0.2) is 41.3 Å². The Hall–Kier alpha value is -2.97. The number of hydrogen-bond donors (Lipinski definition) is 2. The van der Waals surface area contributed by atoms with Gasteiger partial charge >= 0.3 is 18.3 Å². The third-order valence-corrected chi connectivity index (χ3v) is 6.37. The molecule has 1 aliphatic heterocycles. The van der Waals surface area contributed by atoms with E-state index in [4.69, 9.17) is 17.3 Å². The van der Waals surface area contributed by atoms with Crippen molar-refractivity contribution in [3.63, 3.8) is 0 Å². The number of carboxylic acid groups (broad SMARTS) is 1. The van der Waals surface area contributed by atoms with Crippen molar-refractivity contribution in [3.8, 4) is 11.3 Å². The number of nitrogens with one attached hydrogen (secondary N) is 1. The number of amides is 1. The zero-order valence-electron chi connectivity index (χ0n) is 18.8. The van der Waals surface area contributed by atoms with Crippen LogP contribution in [0.2, 0.25) is 0 Å². The first-order valence-corrected chi connectivity index (χ1v) is 12.0. The summed E-state index contributed by atoms with van der Waals surface area (Å²) in [6.07, 6.45) is -6.87. The summed E-state index contributed by atoms with van der Waals surface area (Å²) >= 11 is 6.15. The minimum Gasteiger partial charge on any atom is -0.481 e. The third-order valence-electron chi connectivity index (χ3n) is 5.06. The van der Waals surface area contributed by atoms with E-state index < -0.39 is 35.4 Å². The van der Waals surface area contributed by atoms with Gasteiger partial charge in [-0.05, 0) is 49.2 Å². The van der Waals surface area contributed by atoms with Crippen molar-refractivity contribution in [1.82, 2.24) is 15.4 Å². The maximum atomic E-state index is 13.2. The fourth-order valence-corrected chi connectivity index (χ4v) is 4.50. The zero-order valence-corrected chi connectivity index (χ0v) is 20.5. The van der Waals surface area contributed by atoms with Crippen molar-refractivity contribution < 1.29 is 41.0 Å². The molecule has 1 fully saturated rings. The van der Waals surface area contributed by atoms with Crippen LogP contribution in [0.1, 0.15) is 42.5 Å². The summed E-state index contributed by atoms with van der Waals surface area (Å²) in [5.41, 5.74) is -0.437. The number of benzene rings is 1. The number of thioether (sulfide) groups is 1. The van der Waals surface area contributed by atoms with Gasteiger partial charge in [0.1, 0.15) is 0 Å². The number of unbranched alkanes of at least 4 members (excludes halogenated alkanes) is 2. The van der Waals surface area contributed by atoms with Crippen molar-refractivity contribution >= 4 is 46.3 Å². The lowest BCUT2D eigenvalue weighted by atomic mass is 10.0. The van der Waals surface area contributed by atoms with Crippen LogP contribution < -0.4 is 5.43 Å². The van der Waals surface area contributed by atoms with E-state index in [1.807, 2.05) is 0 Å². The van der Waals surface area contributed by atoms with E-state index in [2.05, 4.69) is 10.4 Å². The molecule has 0 bridgehead atoms. The van der Waals surface area contributed by atoms with Crippen molar-refractivity contribution in [2.45, 2.75) is 38.0 Å². The number of halogens is 6. The number of carbonyl (C=O) groups excluding carboxylic acids is 1. The smallest absolute Gasteiger partial charge is 0.416 e. The second kappa shape index (κ2) is 11.6. The standard InChI is InChI=1S/C23H19F6N3O3S2/c24-22(25,26)14-9-13(10-15(11-14)23(27,28)29)17-6-4-5-16(31-17)12-18-20(35)32(21(36)37-18)30-8-3-1-2-7-19(33)34/h4-6,9-12,30H,1-3,7-8H2,(H,33,34)/b18-12-. The largest absolute Gasteiger partial charge is 0.481 e. The summed E-state index contributed by atoms with van der Waals surface area (Å²) < 4.78 is 79.5. The number of thiocarbonyl (C=S) groups is 1. The molecular formula is C23H19F6N3O3S2. The van der Waals surface area contributed by atoms with Gasteiger partial charge in [-0.2, -0.15) is 26.3 Å². The molecule has 1 aromatic carbocycles. The third kappa shape index (κ3) is 7.76.